The molecule has 14 heavy (non-hydrogen) atoms. The molecule has 0 aliphatic rings. The Hall–Kier alpha value is -1.77. The Kier molecular flexibility index (Phi) is 2.23. The molecule has 0 aliphatic carbocycles. The lowest BCUT2D eigenvalue weighted by molar-refractivity contribution is 0.398. The minimum atomic E-state index is 0.608. The summed E-state index contributed by atoms with van der Waals surface area (Å²) in [5.74, 6) is 2.34. The van der Waals surface area contributed by atoms with Crippen LogP contribution in [0.25, 0.3) is 11.3 Å². The molecule has 0 radical (unpaired) electrons. The molecule has 0 atom stereocenters. The van der Waals surface area contributed by atoms with Gasteiger partial charge in [-0.05, 0) is 25.1 Å². The predicted molar refractivity (Wildman–Crippen MR) is 53.2 cm³/mol. The van der Waals surface area contributed by atoms with Gasteiger partial charge in [0.15, 0.2) is 0 Å². The van der Waals surface area contributed by atoms with Crippen LogP contribution < -0.4 is 4.74 Å². The molecule has 0 aromatic carbocycles. The number of hydrogen-bond donors (Lipinski definition) is 0. The average molecular weight is 189 g/mol. The van der Waals surface area contributed by atoms with Crippen molar-refractivity contribution < 1.29 is 9.15 Å². The third kappa shape index (κ3) is 1.62. The van der Waals surface area contributed by atoms with Gasteiger partial charge in [-0.3, -0.25) is 0 Å². The Morgan fingerprint density at radius 2 is 2.07 bits per heavy atom. The molecular formula is C11H11NO2. The fourth-order valence-electron chi connectivity index (χ4n) is 1.24. The van der Waals surface area contributed by atoms with Crippen molar-refractivity contribution in [2.45, 2.75) is 6.92 Å². The summed E-state index contributed by atoms with van der Waals surface area (Å²) in [5, 5.41) is 0. The monoisotopic (exact) mass is 189 g/mol. The fraction of sp³-hybridized carbons (Fsp3) is 0.182. The first-order chi connectivity index (χ1) is 6.79. The van der Waals surface area contributed by atoms with Gasteiger partial charge in [0.2, 0.25) is 5.88 Å². The molecule has 0 saturated heterocycles. The van der Waals surface area contributed by atoms with Gasteiger partial charge in [0.25, 0.3) is 0 Å². The van der Waals surface area contributed by atoms with Crippen LogP contribution in [0.15, 0.2) is 34.9 Å². The van der Waals surface area contributed by atoms with Crippen LogP contribution in [-0.4, -0.2) is 12.1 Å². The second-order valence-corrected chi connectivity index (χ2v) is 3.00. The topological polar surface area (TPSA) is 35.3 Å². The Morgan fingerprint density at radius 1 is 1.21 bits per heavy atom. The maximum atomic E-state index is 5.46. The van der Waals surface area contributed by atoms with Gasteiger partial charge < -0.3 is 9.15 Å². The van der Waals surface area contributed by atoms with E-state index in [-0.39, 0.29) is 0 Å². The van der Waals surface area contributed by atoms with Crippen molar-refractivity contribution in [1.29, 1.82) is 0 Å². The average Bonchev–Trinajstić information content (AvgIpc) is 2.65. The molecule has 2 aromatic heterocycles. The number of methoxy groups -OCH3 is 1. The summed E-state index contributed by atoms with van der Waals surface area (Å²) >= 11 is 0. The van der Waals surface area contributed by atoms with E-state index in [1.807, 2.05) is 31.2 Å². The van der Waals surface area contributed by atoms with E-state index >= 15 is 0 Å². The summed E-state index contributed by atoms with van der Waals surface area (Å²) in [6.45, 7) is 1.92. The molecule has 0 N–H and O–H groups in total. The van der Waals surface area contributed by atoms with Crippen molar-refractivity contribution >= 4 is 0 Å². The van der Waals surface area contributed by atoms with E-state index in [0.29, 0.717) is 5.88 Å². The van der Waals surface area contributed by atoms with Crippen molar-refractivity contribution in [3.63, 3.8) is 0 Å². The molecule has 2 aromatic rings. The van der Waals surface area contributed by atoms with E-state index < -0.39 is 0 Å². The molecule has 0 spiro atoms. The Bertz CT molecular complexity index is 417. The first-order valence-corrected chi connectivity index (χ1v) is 4.36. The zero-order chi connectivity index (χ0) is 9.97. The van der Waals surface area contributed by atoms with Crippen LogP contribution in [0.5, 0.6) is 5.88 Å². The van der Waals surface area contributed by atoms with E-state index in [9.17, 15) is 0 Å². The summed E-state index contributed by atoms with van der Waals surface area (Å²) in [5.41, 5.74) is 0.957. The highest BCUT2D eigenvalue weighted by Gasteiger charge is 2.02. The van der Waals surface area contributed by atoms with E-state index in [4.69, 9.17) is 9.15 Å². The second kappa shape index (κ2) is 3.54. The van der Waals surface area contributed by atoms with E-state index in [1.54, 1.807) is 13.3 Å². The number of ether oxygens (including phenoxy) is 1. The Labute approximate surface area is 82.3 Å². The van der Waals surface area contributed by atoms with Crippen LogP contribution >= 0.6 is 0 Å². The smallest absolute Gasteiger partial charge is 0.212 e. The SMILES string of the molecule is COc1ccc(-c2ccc(C)o2)cn1. The number of rotatable bonds is 2. The van der Waals surface area contributed by atoms with Crippen LogP contribution in [0.4, 0.5) is 0 Å². The number of aryl methyl sites for hydroxylation is 1. The minimum absolute atomic E-state index is 0.608. The maximum absolute atomic E-state index is 5.46. The lowest BCUT2D eigenvalue weighted by atomic mass is 10.2. The number of furan rings is 1. The largest absolute Gasteiger partial charge is 0.481 e. The van der Waals surface area contributed by atoms with Gasteiger partial charge in [-0.2, -0.15) is 0 Å². The van der Waals surface area contributed by atoms with Crippen LogP contribution in [-0.2, 0) is 0 Å². The van der Waals surface area contributed by atoms with Gasteiger partial charge in [0.05, 0.1) is 7.11 Å². The molecule has 72 valence electrons. The quantitative estimate of drug-likeness (QED) is 0.728. The fourth-order valence-corrected chi connectivity index (χ4v) is 1.24. The van der Waals surface area contributed by atoms with E-state index in [1.165, 1.54) is 0 Å². The number of hydrogen-bond acceptors (Lipinski definition) is 3. The molecule has 0 amide bonds. The molecular weight excluding hydrogens is 178 g/mol. The van der Waals surface area contributed by atoms with Gasteiger partial charge in [-0.15, -0.1) is 0 Å². The van der Waals surface area contributed by atoms with Crippen LogP contribution in [0, 0.1) is 6.92 Å². The van der Waals surface area contributed by atoms with Crippen molar-refractivity contribution in [2.24, 2.45) is 0 Å². The molecule has 3 nitrogen and oxygen atoms in total. The Balaban J connectivity index is 2.33. The molecule has 2 rings (SSSR count). The minimum Gasteiger partial charge on any atom is -0.481 e. The first kappa shape index (κ1) is 8.81. The molecule has 0 saturated carbocycles. The van der Waals surface area contributed by atoms with E-state index in [2.05, 4.69) is 4.98 Å². The highest BCUT2D eigenvalue weighted by molar-refractivity contribution is 5.56. The predicted octanol–water partition coefficient (Wildman–Crippen LogP) is 2.66. The zero-order valence-electron chi connectivity index (χ0n) is 8.15. The lowest BCUT2D eigenvalue weighted by Crippen LogP contribution is -1.86. The third-order valence-electron chi connectivity index (χ3n) is 1.97. The Morgan fingerprint density at radius 3 is 2.57 bits per heavy atom. The van der Waals surface area contributed by atoms with Crippen LogP contribution in [0.3, 0.4) is 0 Å². The standard InChI is InChI=1S/C11H11NO2/c1-8-3-5-10(14-8)9-4-6-11(13-2)12-7-9/h3-7H,1-2H3. The normalized spacial score (nSPS) is 10.1. The second-order valence-electron chi connectivity index (χ2n) is 3.00. The van der Waals surface area contributed by atoms with Crippen molar-refractivity contribution in [1.82, 2.24) is 4.98 Å². The highest BCUT2D eigenvalue weighted by atomic mass is 16.5. The zero-order valence-corrected chi connectivity index (χ0v) is 8.15. The van der Waals surface area contributed by atoms with Gasteiger partial charge in [0.1, 0.15) is 11.5 Å². The number of pyridine rings is 1. The molecule has 0 bridgehead atoms. The maximum Gasteiger partial charge on any atom is 0.212 e. The van der Waals surface area contributed by atoms with Crippen molar-refractivity contribution in [3.8, 4) is 17.2 Å². The number of nitrogens with zero attached hydrogens (tertiary/aromatic N) is 1. The first-order valence-electron chi connectivity index (χ1n) is 4.36. The molecule has 0 aliphatic heterocycles. The summed E-state index contributed by atoms with van der Waals surface area (Å²) in [4.78, 5) is 4.10. The molecule has 0 unspecified atom stereocenters. The van der Waals surface area contributed by atoms with E-state index in [0.717, 1.165) is 17.1 Å². The number of aromatic nitrogens is 1. The molecule has 3 heteroatoms. The van der Waals surface area contributed by atoms with Crippen molar-refractivity contribution in [2.75, 3.05) is 7.11 Å². The van der Waals surface area contributed by atoms with Gasteiger partial charge >= 0.3 is 0 Å². The molecule has 0 fully saturated rings. The summed E-state index contributed by atoms with van der Waals surface area (Å²) in [7, 11) is 1.60. The van der Waals surface area contributed by atoms with Crippen LogP contribution in [0.2, 0.25) is 0 Å². The van der Waals surface area contributed by atoms with Gasteiger partial charge in [-0.1, -0.05) is 0 Å². The summed E-state index contributed by atoms with van der Waals surface area (Å²) in [6, 6.07) is 7.59. The lowest BCUT2D eigenvalue weighted by Gasteiger charge is -1.99. The van der Waals surface area contributed by atoms with Crippen LogP contribution in [0.1, 0.15) is 5.76 Å². The summed E-state index contributed by atoms with van der Waals surface area (Å²) < 4.78 is 10.4. The van der Waals surface area contributed by atoms with Gasteiger partial charge in [-0.25, -0.2) is 4.98 Å². The molecule has 2 heterocycles. The van der Waals surface area contributed by atoms with Gasteiger partial charge in [0, 0.05) is 17.8 Å². The van der Waals surface area contributed by atoms with Crippen molar-refractivity contribution in [3.05, 3.63) is 36.2 Å². The third-order valence-corrected chi connectivity index (χ3v) is 1.97. The summed E-state index contributed by atoms with van der Waals surface area (Å²) in [6.07, 6.45) is 1.73. The highest BCUT2D eigenvalue weighted by Crippen LogP contribution is 2.22.